The van der Waals surface area contributed by atoms with E-state index in [9.17, 15) is 25.2 Å². The number of thiazole rings is 1. The van der Waals surface area contributed by atoms with Gasteiger partial charge in [-0.3, -0.25) is 4.84 Å². The Morgan fingerprint density at radius 1 is 1.00 bits per heavy atom. The molecule has 112 valence electrons. The Labute approximate surface area is 105 Å². The van der Waals surface area contributed by atoms with E-state index in [-0.39, 0.29) is 7.43 Å². The van der Waals surface area contributed by atoms with E-state index in [4.69, 9.17) is 4.84 Å². The molecule has 18 heavy (non-hydrogen) atoms. The van der Waals surface area contributed by atoms with E-state index in [1.807, 2.05) is 11.7 Å². The van der Waals surface area contributed by atoms with Crippen molar-refractivity contribution in [1.82, 2.24) is 0 Å². The van der Waals surface area contributed by atoms with Gasteiger partial charge in [-0.25, -0.2) is 0 Å². The molecule has 0 aliphatic rings. The SMILES string of the molecule is C.CO[n+]1c(C)sc(C)c1C.F[P-](F)(F)(F)(F)F. The Kier molecular flexibility index (Phi) is 5.32. The molecule has 0 N–H and O–H groups in total. The third-order valence-corrected chi connectivity index (χ3v) is 2.65. The van der Waals surface area contributed by atoms with Gasteiger partial charge in [0.2, 0.25) is 5.69 Å². The van der Waals surface area contributed by atoms with Crippen LogP contribution in [0.5, 0.6) is 0 Å². The van der Waals surface area contributed by atoms with Crippen molar-refractivity contribution in [3.05, 3.63) is 15.6 Å². The van der Waals surface area contributed by atoms with Crippen LogP contribution in [-0.4, -0.2) is 7.11 Å². The van der Waals surface area contributed by atoms with Crippen LogP contribution in [0.3, 0.4) is 0 Å². The molecule has 0 aliphatic carbocycles. The molecule has 0 unspecified atom stereocenters. The molecule has 0 amide bonds. The zero-order valence-electron chi connectivity index (χ0n) is 9.48. The number of aryl methyl sites for hydroxylation is 2. The molecule has 2 nitrogen and oxygen atoms in total. The van der Waals surface area contributed by atoms with Crippen LogP contribution in [0, 0.1) is 20.8 Å². The molecule has 0 fully saturated rings. The Bertz CT molecular complexity index is 400. The fraction of sp³-hybridized carbons (Fsp3) is 0.625. The third-order valence-electron chi connectivity index (χ3n) is 1.58. The third kappa shape index (κ3) is 10.6. The first-order valence-corrected chi connectivity index (χ1v) is 7.06. The average molecular weight is 319 g/mol. The fourth-order valence-corrected chi connectivity index (χ4v) is 1.95. The van der Waals surface area contributed by atoms with E-state index < -0.39 is 7.81 Å². The summed E-state index contributed by atoms with van der Waals surface area (Å²) in [5.74, 6) is 0. The Morgan fingerprint density at radius 3 is 1.44 bits per heavy atom. The normalized spacial score (nSPS) is 14.6. The summed E-state index contributed by atoms with van der Waals surface area (Å²) in [6.07, 6.45) is 0. The summed E-state index contributed by atoms with van der Waals surface area (Å²) in [7, 11) is -8.97. The van der Waals surface area contributed by atoms with Crippen LogP contribution >= 0.6 is 19.1 Å². The van der Waals surface area contributed by atoms with Gasteiger partial charge < -0.3 is 0 Å². The minimum atomic E-state index is -10.7. The molecule has 0 aromatic carbocycles. The van der Waals surface area contributed by atoms with Gasteiger partial charge in [0.05, 0.1) is 4.88 Å². The molecular weight excluding hydrogens is 303 g/mol. The molecule has 0 saturated carbocycles. The van der Waals surface area contributed by atoms with Gasteiger partial charge in [0, 0.05) is 18.6 Å². The van der Waals surface area contributed by atoms with Crippen molar-refractivity contribution in [2.75, 3.05) is 7.11 Å². The molecule has 0 radical (unpaired) electrons. The van der Waals surface area contributed by atoms with E-state index in [1.54, 1.807) is 18.4 Å². The van der Waals surface area contributed by atoms with Gasteiger partial charge >= 0.3 is 33.0 Å². The second-order valence-corrected chi connectivity index (χ2v) is 6.52. The molecule has 10 heteroatoms. The topological polar surface area (TPSA) is 13.1 Å². The zero-order chi connectivity index (χ0) is 14.1. The summed E-state index contributed by atoms with van der Waals surface area (Å²) in [4.78, 5) is 6.44. The summed E-state index contributed by atoms with van der Waals surface area (Å²) < 4.78 is 61.0. The molecule has 0 saturated heterocycles. The molecule has 1 rings (SSSR count). The van der Waals surface area contributed by atoms with Gasteiger partial charge in [-0.15, -0.1) is 0 Å². The van der Waals surface area contributed by atoms with E-state index in [2.05, 4.69) is 13.8 Å². The van der Waals surface area contributed by atoms with Crippen LogP contribution < -0.4 is 9.57 Å². The molecule has 0 bridgehead atoms. The summed E-state index contributed by atoms with van der Waals surface area (Å²) in [6, 6.07) is 0. The number of rotatable bonds is 1. The van der Waals surface area contributed by atoms with Gasteiger partial charge in [-0.05, 0) is 6.92 Å². The fourth-order valence-electron chi connectivity index (χ4n) is 0.982. The first-order valence-electron chi connectivity index (χ1n) is 4.21. The Balaban J connectivity index is 0. The van der Waals surface area contributed by atoms with Gasteiger partial charge in [0.25, 0.3) is 5.01 Å². The van der Waals surface area contributed by atoms with E-state index in [1.165, 1.54) is 15.6 Å². The number of halogens is 6. The van der Waals surface area contributed by atoms with E-state index >= 15 is 0 Å². The van der Waals surface area contributed by atoms with Crippen molar-refractivity contribution in [3.63, 3.8) is 0 Å². The maximum atomic E-state index is 9.87. The van der Waals surface area contributed by atoms with Crippen LogP contribution in [0.25, 0.3) is 0 Å². The first-order chi connectivity index (χ1) is 7.11. The van der Waals surface area contributed by atoms with Gasteiger partial charge in [-0.2, -0.15) is 0 Å². The van der Waals surface area contributed by atoms with E-state index in [0.29, 0.717) is 0 Å². The van der Waals surface area contributed by atoms with Crippen LogP contribution in [0.4, 0.5) is 25.2 Å². The summed E-state index contributed by atoms with van der Waals surface area (Å²) >= 11 is 1.76. The Hall–Kier alpha value is -0.560. The average Bonchev–Trinajstić information content (AvgIpc) is 2.20. The minimum absolute atomic E-state index is 0. The predicted molar refractivity (Wildman–Crippen MR) is 61.5 cm³/mol. The molecule has 0 aliphatic heterocycles. The number of hydrogen-bond acceptors (Lipinski definition) is 2. The number of aromatic nitrogens is 1. The number of nitrogens with zero attached hydrogens (tertiary/aromatic N) is 1. The van der Waals surface area contributed by atoms with Crippen LogP contribution in [0.15, 0.2) is 0 Å². The van der Waals surface area contributed by atoms with Crippen LogP contribution in [0.1, 0.15) is 23.0 Å². The van der Waals surface area contributed by atoms with Crippen molar-refractivity contribution >= 4 is 19.1 Å². The van der Waals surface area contributed by atoms with Gasteiger partial charge in [0.1, 0.15) is 7.11 Å². The van der Waals surface area contributed by atoms with Crippen molar-refractivity contribution in [2.24, 2.45) is 0 Å². The zero-order valence-corrected chi connectivity index (χ0v) is 11.2. The molecule has 1 aromatic rings. The summed E-state index contributed by atoms with van der Waals surface area (Å²) in [5.41, 5.74) is 1.20. The quantitative estimate of drug-likeness (QED) is 0.402. The van der Waals surface area contributed by atoms with Crippen LogP contribution in [-0.2, 0) is 0 Å². The van der Waals surface area contributed by atoms with Crippen molar-refractivity contribution in [3.8, 4) is 0 Å². The monoisotopic (exact) mass is 319 g/mol. The second-order valence-electron chi connectivity index (χ2n) is 3.20. The first kappa shape index (κ1) is 19.8. The standard InChI is InChI=1S/C7H12NOS.CH4.F6P/c1-5-6(2)10-7(3)8(5)9-4;;1-7(2,3,4,5)6/h1-4H3;1H4;/q+1;;-1. The van der Waals surface area contributed by atoms with Gasteiger partial charge in [0.15, 0.2) is 0 Å². The summed E-state index contributed by atoms with van der Waals surface area (Å²) in [6.45, 7) is 6.21. The van der Waals surface area contributed by atoms with E-state index in [0.717, 1.165) is 0 Å². The number of hydrogen-bond donors (Lipinski definition) is 0. The second kappa shape index (κ2) is 4.85. The molecule has 1 heterocycles. The van der Waals surface area contributed by atoms with Crippen molar-refractivity contribution in [1.29, 1.82) is 0 Å². The van der Waals surface area contributed by atoms with Crippen LogP contribution in [0.2, 0.25) is 0 Å². The Morgan fingerprint density at radius 2 is 1.33 bits per heavy atom. The predicted octanol–water partition coefficient (Wildman–Crippen LogP) is 5.04. The van der Waals surface area contributed by atoms with Crippen molar-refractivity contribution < 1.29 is 34.7 Å². The van der Waals surface area contributed by atoms with Crippen molar-refractivity contribution in [2.45, 2.75) is 28.2 Å². The summed E-state index contributed by atoms with van der Waals surface area (Å²) in [5, 5.41) is 1.19. The maximum absolute atomic E-state index is 10.7. The van der Waals surface area contributed by atoms with Gasteiger partial charge in [-0.1, -0.05) is 18.8 Å². The molecular formula is C8H16F6NOPS. The molecule has 0 spiro atoms. The molecule has 0 atom stereocenters. The molecule has 1 aromatic heterocycles.